The van der Waals surface area contributed by atoms with Gasteiger partial charge < -0.3 is 5.73 Å². The topological polar surface area (TPSA) is 72.2 Å². The van der Waals surface area contributed by atoms with Crippen LogP contribution in [0.15, 0.2) is 18.2 Å². The molecule has 0 radical (unpaired) electrons. The standard InChI is InChI=1S/C10H16N2O2S/c1-3-15(13,14)12-10-5-4-9(7-11)6-8(10)2/h4-6,12H,3,7,11H2,1-2H3. The molecule has 0 heterocycles. The van der Waals surface area contributed by atoms with E-state index in [0.717, 1.165) is 11.1 Å². The molecule has 0 atom stereocenters. The Morgan fingerprint density at radius 3 is 2.53 bits per heavy atom. The van der Waals surface area contributed by atoms with Crippen molar-refractivity contribution in [3.8, 4) is 0 Å². The lowest BCUT2D eigenvalue weighted by molar-refractivity contribution is 0.602. The maximum absolute atomic E-state index is 11.3. The second-order valence-electron chi connectivity index (χ2n) is 3.36. The van der Waals surface area contributed by atoms with Gasteiger partial charge in [0.15, 0.2) is 0 Å². The van der Waals surface area contributed by atoms with Crippen molar-refractivity contribution in [1.29, 1.82) is 0 Å². The number of anilines is 1. The molecule has 0 amide bonds. The van der Waals surface area contributed by atoms with Gasteiger partial charge in [-0.15, -0.1) is 0 Å². The molecule has 84 valence electrons. The second kappa shape index (κ2) is 4.63. The van der Waals surface area contributed by atoms with Gasteiger partial charge in [0.25, 0.3) is 0 Å². The lowest BCUT2D eigenvalue weighted by atomic mass is 10.1. The minimum absolute atomic E-state index is 0.0745. The number of hydrogen-bond donors (Lipinski definition) is 2. The van der Waals surface area contributed by atoms with Crippen LogP contribution in [0.1, 0.15) is 18.1 Å². The zero-order valence-corrected chi connectivity index (χ0v) is 9.76. The lowest BCUT2D eigenvalue weighted by Crippen LogP contribution is -2.15. The fourth-order valence-corrected chi connectivity index (χ4v) is 1.92. The number of rotatable bonds is 4. The highest BCUT2D eigenvalue weighted by atomic mass is 32.2. The van der Waals surface area contributed by atoms with E-state index in [-0.39, 0.29) is 5.75 Å². The van der Waals surface area contributed by atoms with Gasteiger partial charge in [-0.3, -0.25) is 4.72 Å². The predicted octanol–water partition coefficient (Wildman–Crippen LogP) is 1.22. The van der Waals surface area contributed by atoms with Crippen LogP contribution in [0.3, 0.4) is 0 Å². The molecule has 1 aromatic carbocycles. The van der Waals surface area contributed by atoms with E-state index in [1.54, 1.807) is 13.0 Å². The van der Waals surface area contributed by atoms with Gasteiger partial charge in [-0.05, 0) is 31.0 Å². The average molecular weight is 228 g/mol. The Morgan fingerprint density at radius 2 is 2.07 bits per heavy atom. The van der Waals surface area contributed by atoms with Crippen molar-refractivity contribution in [1.82, 2.24) is 0 Å². The van der Waals surface area contributed by atoms with Crippen molar-refractivity contribution in [2.24, 2.45) is 5.73 Å². The first kappa shape index (κ1) is 12.0. The van der Waals surface area contributed by atoms with Gasteiger partial charge in [-0.25, -0.2) is 8.42 Å². The monoisotopic (exact) mass is 228 g/mol. The molecule has 0 bridgehead atoms. The van der Waals surface area contributed by atoms with E-state index >= 15 is 0 Å². The number of nitrogens with one attached hydrogen (secondary N) is 1. The second-order valence-corrected chi connectivity index (χ2v) is 5.37. The lowest BCUT2D eigenvalue weighted by Gasteiger charge is -2.10. The molecule has 4 nitrogen and oxygen atoms in total. The van der Waals surface area contributed by atoms with Gasteiger partial charge >= 0.3 is 0 Å². The molecule has 0 aliphatic heterocycles. The largest absolute Gasteiger partial charge is 0.326 e. The number of benzene rings is 1. The van der Waals surface area contributed by atoms with E-state index in [9.17, 15) is 8.42 Å². The first-order chi connectivity index (χ1) is 6.98. The first-order valence-electron chi connectivity index (χ1n) is 4.78. The molecule has 0 aromatic heterocycles. The summed E-state index contributed by atoms with van der Waals surface area (Å²) in [6.07, 6.45) is 0. The number of sulfonamides is 1. The molecule has 15 heavy (non-hydrogen) atoms. The summed E-state index contributed by atoms with van der Waals surface area (Å²) < 4.78 is 25.2. The van der Waals surface area contributed by atoms with E-state index in [1.165, 1.54) is 0 Å². The van der Waals surface area contributed by atoms with E-state index in [4.69, 9.17) is 5.73 Å². The summed E-state index contributed by atoms with van der Waals surface area (Å²) in [4.78, 5) is 0. The van der Waals surface area contributed by atoms with Crippen LogP contribution in [-0.2, 0) is 16.6 Å². The molecule has 0 fully saturated rings. The maximum atomic E-state index is 11.3. The molecule has 5 heteroatoms. The summed E-state index contributed by atoms with van der Waals surface area (Å²) >= 11 is 0. The Bertz CT molecular complexity index is 441. The molecule has 0 saturated heterocycles. The van der Waals surface area contributed by atoms with Crippen LogP contribution in [0.4, 0.5) is 5.69 Å². The minimum atomic E-state index is -3.20. The molecule has 0 aliphatic carbocycles. The Kier molecular flexibility index (Phi) is 3.71. The van der Waals surface area contributed by atoms with Crippen LogP contribution in [-0.4, -0.2) is 14.2 Å². The average Bonchev–Trinajstić information content (AvgIpc) is 2.21. The van der Waals surface area contributed by atoms with E-state index in [1.807, 2.05) is 19.1 Å². The van der Waals surface area contributed by atoms with Gasteiger partial charge in [-0.2, -0.15) is 0 Å². The molecule has 1 rings (SSSR count). The van der Waals surface area contributed by atoms with Crippen LogP contribution in [0, 0.1) is 6.92 Å². The zero-order chi connectivity index (χ0) is 11.5. The normalized spacial score (nSPS) is 11.4. The molecular formula is C10H16N2O2S. The van der Waals surface area contributed by atoms with Crippen LogP contribution in [0.5, 0.6) is 0 Å². The van der Waals surface area contributed by atoms with Crippen molar-refractivity contribution in [2.45, 2.75) is 20.4 Å². The van der Waals surface area contributed by atoms with E-state index in [2.05, 4.69) is 4.72 Å². The molecule has 0 unspecified atom stereocenters. The molecule has 0 spiro atoms. The van der Waals surface area contributed by atoms with Crippen LogP contribution < -0.4 is 10.5 Å². The Balaban J connectivity index is 2.97. The van der Waals surface area contributed by atoms with Gasteiger partial charge in [-0.1, -0.05) is 12.1 Å². The highest BCUT2D eigenvalue weighted by molar-refractivity contribution is 7.92. The van der Waals surface area contributed by atoms with Crippen molar-refractivity contribution in [3.05, 3.63) is 29.3 Å². The summed E-state index contributed by atoms with van der Waals surface area (Å²) in [6.45, 7) is 3.92. The fourth-order valence-electron chi connectivity index (χ4n) is 1.21. The van der Waals surface area contributed by atoms with E-state index in [0.29, 0.717) is 12.2 Å². The Labute approximate surface area is 90.5 Å². The Morgan fingerprint density at radius 1 is 1.40 bits per heavy atom. The SMILES string of the molecule is CCS(=O)(=O)Nc1ccc(CN)cc1C. The highest BCUT2D eigenvalue weighted by Gasteiger charge is 2.08. The van der Waals surface area contributed by atoms with E-state index < -0.39 is 10.0 Å². The van der Waals surface area contributed by atoms with Crippen LogP contribution >= 0.6 is 0 Å². The highest BCUT2D eigenvalue weighted by Crippen LogP contribution is 2.17. The van der Waals surface area contributed by atoms with Crippen LogP contribution in [0.2, 0.25) is 0 Å². The number of aryl methyl sites for hydroxylation is 1. The summed E-state index contributed by atoms with van der Waals surface area (Å²) in [5.74, 6) is 0.0745. The predicted molar refractivity (Wildman–Crippen MR) is 62.2 cm³/mol. The van der Waals surface area contributed by atoms with Gasteiger partial charge in [0.2, 0.25) is 10.0 Å². The summed E-state index contributed by atoms with van der Waals surface area (Å²) in [5.41, 5.74) is 7.98. The molecule has 0 aliphatic rings. The fraction of sp³-hybridized carbons (Fsp3) is 0.400. The van der Waals surface area contributed by atoms with Crippen molar-refractivity contribution >= 4 is 15.7 Å². The van der Waals surface area contributed by atoms with Crippen molar-refractivity contribution < 1.29 is 8.42 Å². The minimum Gasteiger partial charge on any atom is -0.326 e. The van der Waals surface area contributed by atoms with Gasteiger partial charge in [0.05, 0.1) is 11.4 Å². The third-order valence-electron chi connectivity index (χ3n) is 2.17. The number of nitrogens with two attached hydrogens (primary N) is 1. The van der Waals surface area contributed by atoms with Crippen LogP contribution in [0.25, 0.3) is 0 Å². The smallest absolute Gasteiger partial charge is 0.232 e. The third kappa shape index (κ3) is 3.21. The summed E-state index contributed by atoms with van der Waals surface area (Å²) in [7, 11) is -3.20. The van der Waals surface area contributed by atoms with Crippen molar-refractivity contribution in [3.63, 3.8) is 0 Å². The van der Waals surface area contributed by atoms with Crippen molar-refractivity contribution in [2.75, 3.05) is 10.5 Å². The molecule has 3 N–H and O–H groups in total. The zero-order valence-electron chi connectivity index (χ0n) is 8.95. The van der Waals surface area contributed by atoms with Gasteiger partial charge in [0, 0.05) is 6.54 Å². The molecule has 0 saturated carbocycles. The molecular weight excluding hydrogens is 212 g/mol. The maximum Gasteiger partial charge on any atom is 0.232 e. The summed E-state index contributed by atoms with van der Waals surface area (Å²) in [6, 6.07) is 5.44. The Hall–Kier alpha value is -1.07. The molecule has 1 aromatic rings. The quantitative estimate of drug-likeness (QED) is 0.813. The third-order valence-corrected chi connectivity index (χ3v) is 3.46. The first-order valence-corrected chi connectivity index (χ1v) is 6.44. The summed E-state index contributed by atoms with van der Waals surface area (Å²) in [5, 5.41) is 0. The number of hydrogen-bond acceptors (Lipinski definition) is 3. The van der Waals surface area contributed by atoms with Gasteiger partial charge in [0.1, 0.15) is 0 Å².